The molecule has 2 aliphatic heterocycles. The Labute approximate surface area is 300 Å². The van der Waals surface area contributed by atoms with Crippen LogP contribution < -0.4 is 10.6 Å². The van der Waals surface area contributed by atoms with Crippen LogP contribution in [0, 0.1) is 0 Å². The zero-order valence-corrected chi connectivity index (χ0v) is 29.8. The number of unbranched alkanes of at least 4 members (excludes halogenated alkanes) is 1. The number of imide groups is 2. The summed E-state index contributed by atoms with van der Waals surface area (Å²) in [6.07, 6.45) is 2.39. The summed E-state index contributed by atoms with van der Waals surface area (Å²) in [5.74, 6) is -2.16. The molecule has 1 saturated heterocycles. The average Bonchev–Trinajstić information content (AvgIpc) is 3.38. The van der Waals surface area contributed by atoms with Crippen molar-refractivity contribution in [3.05, 3.63) is 29.3 Å². The number of anilines is 1. The van der Waals surface area contributed by atoms with Gasteiger partial charge in [-0.1, -0.05) is 19.4 Å². The molecule has 0 saturated carbocycles. The van der Waals surface area contributed by atoms with Crippen LogP contribution in [0.15, 0.2) is 18.2 Å². The van der Waals surface area contributed by atoms with Crippen LogP contribution in [0.2, 0.25) is 0 Å². The summed E-state index contributed by atoms with van der Waals surface area (Å²) in [4.78, 5) is 50.8. The zero-order chi connectivity index (χ0) is 36.4. The third-order valence-corrected chi connectivity index (χ3v) is 7.65. The average molecular weight is 726 g/mol. The predicted octanol–water partition coefficient (Wildman–Crippen LogP) is 1.45. The van der Waals surface area contributed by atoms with Crippen LogP contribution in [0.4, 0.5) is 5.69 Å². The van der Waals surface area contributed by atoms with Gasteiger partial charge in [-0.05, 0) is 25.0 Å². The Balaban J connectivity index is 1.05. The van der Waals surface area contributed by atoms with Crippen LogP contribution in [0.25, 0.3) is 0 Å². The zero-order valence-electron chi connectivity index (χ0n) is 29.8. The quantitative estimate of drug-likeness (QED) is 0.0806. The summed E-state index contributed by atoms with van der Waals surface area (Å²) in [5, 5.41) is 5.33. The minimum Gasteiger partial charge on any atom is -0.382 e. The molecule has 288 valence electrons. The van der Waals surface area contributed by atoms with E-state index in [-0.39, 0.29) is 24.0 Å². The number of piperidine rings is 1. The monoisotopic (exact) mass is 725 g/mol. The van der Waals surface area contributed by atoms with Crippen molar-refractivity contribution in [3.8, 4) is 0 Å². The van der Waals surface area contributed by atoms with E-state index in [0.29, 0.717) is 125 Å². The van der Waals surface area contributed by atoms with Crippen LogP contribution in [0.5, 0.6) is 0 Å². The second kappa shape index (κ2) is 26.7. The number of amides is 4. The highest BCUT2D eigenvalue weighted by Gasteiger charge is 2.45. The highest BCUT2D eigenvalue weighted by Crippen LogP contribution is 2.32. The first-order valence-electron chi connectivity index (χ1n) is 17.8. The number of hydrogen-bond donors (Lipinski definition) is 2. The maximum Gasteiger partial charge on any atom is 0.264 e. The summed E-state index contributed by atoms with van der Waals surface area (Å²) in [5.41, 5.74) is 0.916. The minimum atomic E-state index is -1.01. The molecule has 2 heterocycles. The van der Waals surface area contributed by atoms with Gasteiger partial charge in [-0.3, -0.25) is 29.4 Å². The van der Waals surface area contributed by atoms with E-state index < -0.39 is 29.7 Å². The smallest absolute Gasteiger partial charge is 0.264 e. The second-order valence-electron chi connectivity index (χ2n) is 11.5. The maximum atomic E-state index is 13.1. The molecule has 1 unspecified atom stereocenters. The van der Waals surface area contributed by atoms with Crippen molar-refractivity contribution in [1.29, 1.82) is 0 Å². The molecule has 16 nitrogen and oxygen atoms in total. The number of rotatable bonds is 32. The Bertz CT molecular complexity index is 1170. The van der Waals surface area contributed by atoms with E-state index in [4.69, 9.17) is 42.6 Å². The molecule has 16 heteroatoms. The van der Waals surface area contributed by atoms with Gasteiger partial charge in [0.1, 0.15) is 6.04 Å². The second-order valence-corrected chi connectivity index (χ2v) is 11.5. The highest BCUT2D eigenvalue weighted by molar-refractivity contribution is 6.25. The van der Waals surface area contributed by atoms with Crippen molar-refractivity contribution in [1.82, 2.24) is 10.2 Å². The number of nitrogens with one attached hydrogen (secondary N) is 2. The fourth-order valence-corrected chi connectivity index (χ4v) is 5.03. The normalized spacial score (nSPS) is 15.9. The van der Waals surface area contributed by atoms with Gasteiger partial charge < -0.3 is 47.9 Å². The number of fused-ring (bicyclic) bond motifs is 1. The van der Waals surface area contributed by atoms with Gasteiger partial charge in [0, 0.05) is 25.3 Å². The predicted molar refractivity (Wildman–Crippen MR) is 184 cm³/mol. The summed E-state index contributed by atoms with van der Waals surface area (Å²) >= 11 is 0. The first-order chi connectivity index (χ1) is 25.0. The number of hydrogen-bond acceptors (Lipinski definition) is 14. The molecular formula is C35H55N3O13. The van der Waals surface area contributed by atoms with Gasteiger partial charge in [0.05, 0.1) is 123 Å². The SMILES string of the molecule is CCCCOCCOCCOCCOCCOCCOCCOCCOCCOCCNc1cccc2c1C(=O)N(C1CCC(=O)NC1=O)C2=O. The molecular weight excluding hydrogens is 670 g/mol. The molecule has 1 aromatic rings. The van der Waals surface area contributed by atoms with E-state index in [1.807, 2.05) is 0 Å². The maximum absolute atomic E-state index is 13.1. The summed E-state index contributed by atoms with van der Waals surface area (Å²) < 4.78 is 49.3. The van der Waals surface area contributed by atoms with E-state index in [1.165, 1.54) is 0 Å². The number of carbonyl (C=O) groups is 4. The molecule has 1 aromatic carbocycles. The molecule has 0 bridgehead atoms. The first-order valence-corrected chi connectivity index (χ1v) is 17.8. The Kier molecular flexibility index (Phi) is 22.2. The number of ether oxygens (including phenoxy) is 9. The molecule has 1 fully saturated rings. The molecule has 2 N–H and O–H groups in total. The van der Waals surface area contributed by atoms with Crippen LogP contribution >= 0.6 is 0 Å². The lowest BCUT2D eigenvalue weighted by Gasteiger charge is -2.27. The number of nitrogens with zero attached hydrogens (tertiary/aromatic N) is 1. The van der Waals surface area contributed by atoms with E-state index in [9.17, 15) is 19.2 Å². The van der Waals surface area contributed by atoms with Crippen molar-refractivity contribution >= 4 is 29.3 Å². The number of carbonyl (C=O) groups excluding carboxylic acids is 4. The van der Waals surface area contributed by atoms with E-state index in [2.05, 4.69) is 17.6 Å². The van der Waals surface area contributed by atoms with E-state index in [0.717, 1.165) is 24.3 Å². The van der Waals surface area contributed by atoms with Gasteiger partial charge in [0.15, 0.2) is 0 Å². The molecule has 0 aliphatic carbocycles. The van der Waals surface area contributed by atoms with Crippen molar-refractivity contribution in [2.75, 3.05) is 131 Å². The molecule has 0 radical (unpaired) electrons. The Morgan fingerprint density at radius 1 is 0.627 bits per heavy atom. The Morgan fingerprint density at radius 2 is 1.08 bits per heavy atom. The first kappa shape index (κ1) is 42.4. The molecule has 3 rings (SSSR count). The highest BCUT2D eigenvalue weighted by atomic mass is 16.6. The summed E-state index contributed by atoms with van der Waals surface area (Å²) in [6, 6.07) is 3.91. The third-order valence-electron chi connectivity index (χ3n) is 7.65. The fraction of sp³-hybridized carbons (Fsp3) is 0.714. The van der Waals surface area contributed by atoms with Crippen molar-refractivity contribution < 1.29 is 61.8 Å². The van der Waals surface area contributed by atoms with Crippen molar-refractivity contribution in [3.63, 3.8) is 0 Å². The molecule has 1 atom stereocenters. The molecule has 2 aliphatic rings. The molecule has 4 amide bonds. The van der Waals surface area contributed by atoms with Gasteiger partial charge in [-0.25, -0.2) is 0 Å². The number of benzene rings is 1. The molecule has 51 heavy (non-hydrogen) atoms. The van der Waals surface area contributed by atoms with E-state index >= 15 is 0 Å². The molecule has 0 aromatic heterocycles. The van der Waals surface area contributed by atoms with Crippen LogP contribution in [0.1, 0.15) is 53.3 Å². The lowest BCUT2D eigenvalue weighted by molar-refractivity contribution is -0.136. The van der Waals surface area contributed by atoms with Crippen molar-refractivity contribution in [2.45, 2.75) is 38.6 Å². The minimum absolute atomic E-state index is 0.0683. The van der Waals surface area contributed by atoms with Crippen LogP contribution in [-0.2, 0) is 52.2 Å². The van der Waals surface area contributed by atoms with E-state index in [1.54, 1.807) is 18.2 Å². The largest absolute Gasteiger partial charge is 0.382 e. The lowest BCUT2D eigenvalue weighted by Crippen LogP contribution is -2.54. The van der Waals surface area contributed by atoms with Crippen LogP contribution in [-0.4, -0.2) is 160 Å². The summed E-state index contributed by atoms with van der Waals surface area (Å²) in [6.45, 7) is 11.5. The summed E-state index contributed by atoms with van der Waals surface area (Å²) in [7, 11) is 0. The molecule has 0 spiro atoms. The van der Waals surface area contributed by atoms with Crippen LogP contribution in [0.3, 0.4) is 0 Å². The Hall–Kier alpha value is -3.06. The lowest BCUT2D eigenvalue weighted by atomic mass is 10.0. The standard InChI is InChI=1S/C35H55N3O13/c1-2-3-10-43-12-14-45-16-18-47-20-22-49-24-26-51-27-25-50-23-21-48-19-17-46-15-13-44-11-9-36-29-6-4-5-28-32(29)35(42)38(34(28)41)30-7-8-31(39)37-33(30)40/h4-6,30,36H,2-3,7-27H2,1H3,(H,37,39,40). The third kappa shape index (κ3) is 16.4. The fourth-order valence-electron chi connectivity index (χ4n) is 5.03. The van der Waals surface area contributed by atoms with Gasteiger partial charge in [0.2, 0.25) is 11.8 Å². The van der Waals surface area contributed by atoms with Gasteiger partial charge in [-0.15, -0.1) is 0 Å². The van der Waals surface area contributed by atoms with Gasteiger partial charge in [-0.2, -0.15) is 0 Å². The van der Waals surface area contributed by atoms with Gasteiger partial charge >= 0.3 is 0 Å². The topological polar surface area (TPSA) is 179 Å². The van der Waals surface area contributed by atoms with Crippen molar-refractivity contribution in [2.24, 2.45) is 0 Å². The van der Waals surface area contributed by atoms with Gasteiger partial charge in [0.25, 0.3) is 11.8 Å². The Morgan fingerprint density at radius 3 is 1.53 bits per heavy atom.